The largest absolute Gasteiger partial charge is 0.508 e. The maximum atomic E-state index is 15.4. The molecule has 0 aromatic rings. The molecule has 0 heterocycles. The Labute approximate surface area is 197 Å². The number of ether oxygens (including phenoxy) is 1. The quantitative estimate of drug-likeness (QED) is 0.284. The van der Waals surface area contributed by atoms with Crippen LogP contribution < -0.4 is 0 Å². The molecule has 0 fully saturated rings. The van der Waals surface area contributed by atoms with Gasteiger partial charge in [-0.3, -0.25) is 0 Å². The predicted molar refractivity (Wildman–Crippen MR) is 131 cm³/mol. The second kappa shape index (κ2) is 11.7. The number of unbranched alkanes of at least 4 members (excludes halogenated alkanes) is 5. The van der Waals surface area contributed by atoms with Gasteiger partial charge in [0.15, 0.2) is 0 Å². The summed E-state index contributed by atoms with van der Waals surface area (Å²) in [4.78, 5) is 0. The van der Waals surface area contributed by atoms with Crippen molar-refractivity contribution in [1.29, 1.82) is 0 Å². The molecule has 0 amide bonds. The van der Waals surface area contributed by atoms with Crippen LogP contribution in [-0.4, -0.2) is 16.3 Å². The van der Waals surface area contributed by atoms with Gasteiger partial charge in [0.25, 0.3) is 0 Å². The van der Waals surface area contributed by atoms with Crippen LogP contribution in [0, 0.1) is 10.8 Å². The normalized spacial score (nSPS) is 25.5. The van der Waals surface area contributed by atoms with Gasteiger partial charge in [-0.15, -0.1) is 0 Å². The highest BCUT2D eigenvalue weighted by Crippen LogP contribution is 2.40. The fourth-order valence-corrected chi connectivity index (χ4v) is 4.40. The summed E-state index contributed by atoms with van der Waals surface area (Å²) < 4.78 is 36.0. The monoisotopic (exact) mass is 462 g/mol. The van der Waals surface area contributed by atoms with Gasteiger partial charge >= 0.3 is 6.11 Å². The highest BCUT2D eigenvalue weighted by Gasteiger charge is 2.39. The zero-order valence-electron chi connectivity index (χ0n) is 20.5. The Morgan fingerprint density at radius 2 is 1.24 bits per heavy atom. The lowest BCUT2D eigenvalue weighted by Gasteiger charge is -2.27. The summed E-state index contributed by atoms with van der Waals surface area (Å²) in [5, 5.41) is 20.3. The summed E-state index contributed by atoms with van der Waals surface area (Å²) in [5.74, 6) is 0.0254. The van der Waals surface area contributed by atoms with Crippen molar-refractivity contribution in [2.45, 2.75) is 91.6 Å². The van der Waals surface area contributed by atoms with E-state index in [0.717, 1.165) is 51.4 Å². The van der Waals surface area contributed by atoms with Crippen LogP contribution >= 0.6 is 0 Å². The molecule has 2 aliphatic rings. The van der Waals surface area contributed by atoms with Crippen LogP contribution in [0.25, 0.3) is 0 Å². The molecule has 3 nitrogen and oxygen atoms in total. The van der Waals surface area contributed by atoms with Crippen LogP contribution in [0.2, 0.25) is 0 Å². The number of aliphatic hydroxyl groups is 2. The smallest absolute Gasteiger partial charge is 0.426 e. The Kier molecular flexibility index (Phi) is 9.57. The number of aliphatic hydroxyl groups excluding tert-OH is 2. The number of halogens is 2. The minimum absolute atomic E-state index is 0.0155. The van der Waals surface area contributed by atoms with E-state index >= 15 is 8.78 Å². The molecule has 33 heavy (non-hydrogen) atoms. The van der Waals surface area contributed by atoms with Crippen molar-refractivity contribution in [3.63, 3.8) is 0 Å². The first-order chi connectivity index (χ1) is 15.5. The van der Waals surface area contributed by atoms with Crippen LogP contribution in [0.4, 0.5) is 8.78 Å². The van der Waals surface area contributed by atoms with E-state index in [1.54, 1.807) is 18.2 Å². The molecular formula is C28H40F2O3. The highest BCUT2D eigenvalue weighted by molar-refractivity contribution is 5.38. The van der Waals surface area contributed by atoms with Gasteiger partial charge in [-0.1, -0.05) is 78.7 Å². The predicted octanol–water partition coefficient (Wildman–Crippen LogP) is 8.99. The molecule has 2 N–H and O–H groups in total. The lowest BCUT2D eigenvalue weighted by Crippen LogP contribution is -2.25. The van der Waals surface area contributed by atoms with E-state index in [9.17, 15) is 10.2 Å². The standard InChI is InChI=1S/C28H40F2O3/c1-5-7-9-11-17-27(4)20-24(32)14-15-25(21-27)33-28(29,30)22-12-13-23(31)19-26(3,18-22)16-10-8-6-2/h12-15,18-21,31-32H,5-11,16-17H2,1-4H3. The van der Waals surface area contributed by atoms with E-state index in [-0.39, 0.29) is 22.9 Å². The summed E-state index contributed by atoms with van der Waals surface area (Å²) in [6.07, 6.45) is 16.7. The van der Waals surface area contributed by atoms with Crippen molar-refractivity contribution in [2.24, 2.45) is 10.8 Å². The molecule has 2 aliphatic carbocycles. The van der Waals surface area contributed by atoms with E-state index in [4.69, 9.17) is 4.74 Å². The maximum absolute atomic E-state index is 15.4. The Hall–Kier alpha value is -2.30. The molecule has 0 aromatic carbocycles. The first kappa shape index (κ1) is 26.9. The van der Waals surface area contributed by atoms with Gasteiger partial charge in [-0.2, -0.15) is 8.78 Å². The van der Waals surface area contributed by atoms with Crippen LogP contribution in [0.5, 0.6) is 0 Å². The van der Waals surface area contributed by atoms with Crippen molar-refractivity contribution in [1.82, 2.24) is 0 Å². The molecule has 0 spiro atoms. The third-order valence-electron chi connectivity index (χ3n) is 6.23. The van der Waals surface area contributed by atoms with Crippen molar-refractivity contribution in [3.05, 3.63) is 71.5 Å². The molecule has 2 unspecified atom stereocenters. The lowest BCUT2D eigenvalue weighted by atomic mass is 9.82. The minimum atomic E-state index is -3.60. The summed E-state index contributed by atoms with van der Waals surface area (Å²) >= 11 is 0. The number of alkyl halides is 2. The average molecular weight is 463 g/mol. The van der Waals surface area contributed by atoms with Gasteiger partial charge in [0.1, 0.15) is 17.3 Å². The maximum Gasteiger partial charge on any atom is 0.426 e. The number of hydrogen-bond donors (Lipinski definition) is 2. The second-order valence-corrected chi connectivity index (χ2v) is 9.85. The van der Waals surface area contributed by atoms with Gasteiger partial charge < -0.3 is 14.9 Å². The van der Waals surface area contributed by atoms with Crippen molar-refractivity contribution >= 4 is 0 Å². The number of allylic oxidation sites excluding steroid dienone is 7. The van der Waals surface area contributed by atoms with E-state index in [0.29, 0.717) is 6.42 Å². The third kappa shape index (κ3) is 8.53. The molecule has 0 aromatic heterocycles. The average Bonchev–Trinajstić information content (AvgIpc) is 2.96. The van der Waals surface area contributed by atoms with Crippen molar-refractivity contribution in [2.75, 3.05) is 0 Å². The topological polar surface area (TPSA) is 49.7 Å². The molecule has 2 atom stereocenters. The summed E-state index contributed by atoms with van der Waals surface area (Å²) in [6, 6.07) is 0. The zero-order valence-corrected chi connectivity index (χ0v) is 20.5. The molecule has 0 saturated carbocycles. The third-order valence-corrected chi connectivity index (χ3v) is 6.23. The second-order valence-electron chi connectivity index (χ2n) is 9.85. The minimum Gasteiger partial charge on any atom is -0.508 e. The van der Waals surface area contributed by atoms with Crippen LogP contribution in [-0.2, 0) is 4.74 Å². The molecule has 5 heteroatoms. The van der Waals surface area contributed by atoms with Crippen LogP contribution in [0.1, 0.15) is 85.5 Å². The molecule has 184 valence electrons. The molecule has 0 aliphatic heterocycles. The number of rotatable bonds is 12. The van der Waals surface area contributed by atoms with Gasteiger partial charge in [-0.25, -0.2) is 0 Å². The molecular weight excluding hydrogens is 422 g/mol. The van der Waals surface area contributed by atoms with E-state index in [2.05, 4.69) is 13.8 Å². The summed E-state index contributed by atoms with van der Waals surface area (Å²) in [6.45, 7) is 7.99. The van der Waals surface area contributed by atoms with Crippen LogP contribution in [0.15, 0.2) is 71.5 Å². The molecule has 0 saturated heterocycles. The van der Waals surface area contributed by atoms with Gasteiger partial charge in [0.2, 0.25) is 0 Å². The van der Waals surface area contributed by atoms with Gasteiger partial charge in [0.05, 0.1) is 5.57 Å². The van der Waals surface area contributed by atoms with E-state index in [1.165, 1.54) is 30.4 Å². The molecule has 2 rings (SSSR count). The SMILES string of the molecule is CCCCCCC1(C)C=C(O)C=CC(OC(F)(F)C2=CC(C)(CCCCC)C=C(O)C=C2)=C1. The zero-order chi connectivity index (χ0) is 24.5. The fraction of sp³-hybridized carbons (Fsp3) is 0.571. The van der Waals surface area contributed by atoms with Crippen molar-refractivity contribution in [3.8, 4) is 0 Å². The Morgan fingerprint density at radius 1 is 0.727 bits per heavy atom. The number of hydrogen-bond acceptors (Lipinski definition) is 3. The summed E-state index contributed by atoms with van der Waals surface area (Å²) in [7, 11) is 0. The van der Waals surface area contributed by atoms with Crippen LogP contribution in [0.3, 0.4) is 0 Å². The molecule has 0 radical (unpaired) electrons. The van der Waals surface area contributed by atoms with Gasteiger partial charge in [0, 0.05) is 10.8 Å². The van der Waals surface area contributed by atoms with E-state index < -0.39 is 16.9 Å². The van der Waals surface area contributed by atoms with E-state index in [1.807, 2.05) is 13.8 Å². The molecule has 0 bridgehead atoms. The lowest BCUT2D eigenvalue weighted by molar-refractivity contribution is -0.177. The van der Waals surface area contributed by atoms with Crippen molar-refractivity contribution < 1.29 is 23.7 Å². The fourth-order valence-electron chi connectivity index (χ4n) is 4.40. The first-order valence-corrected chi connectivity index (χ1v) is 12.2. The highest BCUT2D eigenvalue weighted by atomic mass is 19.3. The Balaban J connectivity index is 2.26. The summed E-state index contributed by atoms with van der Waals surface area (Å²) in [5.41, 5.74) is -1.58. The van der Waals surface area contributed by atoms with Gasteiger partial charge in [-0.05, 0) is 55.4 Å². The Bertz CT molecular complexity index is 847. The first-order valence-electron chi connectivity index (χ1n) is 12.2. The Morgan fingerprint density at radius 3 is 1.85 bits per heavy atom.